The molecule has 0 fully saturated rings. The van der Waals surface area contributed by atoms with E-state index in [1.54, 1.807) is 0 Å². The number of hydrogen-bond acceptors (Lipinski definition) is 4. The van der Waals surface area contributed by atoms with E-state index in [-0.39, 0.29) is 23.8 Å². The van der Waals surface area contributed by atoms with Crippen LogP contribution in [0.3, 0.4) is 0 Å². The number of halogens is 1. The van der Waals surface area contributed by atoms with Crippen LogP contribution in [-0.4, -0.2) is 30.7 Å². The van der Waals surface area contributed by atoms with Crippen LogP contribution in [0, 0.1) is 13.8 Å². The van der Waals surface area contributed by atoms with Crippen molar-refractivity contribution in [2.75, 3.05) is 6.54 Å². The Morgan fingerprint density at radius 1 is 1.06 bits per heavy atom. The van der Waals surface area contributed by atoms with Gasteiger partial charge in [0, 0.05) is 35.8 Å². The Morgan fingerprint density at radius 2 is 1.74 bits per heavy atom. The molecule has 0 unspecified atom stereocenters. The molecule has 0 saturated carbocycles. The summed E-state index contributed by atoms with van der Waals surface area (Å²) in [7, 11) is -3.68. The number of rotatable bonds is 9. The van der Waals surface area contributed by atoms with Crippen LogP contribution >= 0.6 is 11.6 Å². The zero-order valence-corrected chi connectivity index (χ0v) is 19.0. The summed E-state index contributed by atoms with van der Waals surface area (Å²) in [6.45, 7) is 4.89. The van der Waals surface area contributed by atoms with Crippen molar-refractivity contribution in [3.63, 3.8) is 0 Å². The molecule has 0 atom stereocenters. The second-order valence-corrected chi connectivity index (χ2v) is 9.37. The molecule has 9 heteroatoms. The lowest BCUT2D eigenvalue weighted by atomic mass is 10.2. The van der Waals surface area contributed by atoms with Crippen molar-refractivity contribution >= 4 is 27.5 Å². The average Bonchev–Trinajstić information content (AvgIpc) is 3.00. The third-order valence-corrected chi connectivity index (χ3v) is 6.67. The number of carbonyl (C=O) groups is 1. The highest BCUT2D eigenvalue weighted by Gasteiger charge is 2.15. The monoisotopic (exact) mass is 460 g/mol. The second kappa shape index (κ2) is 10.1. The summed E-state index contributed by atoms with van der Waals surface area (Å²) < 4.78 is 28.9. The first-order valence-corrected chi connectivity index (χ1v) is 11.7. The molecule has 0 bridgehead atoms. The van der Waals surface area contributed by atoms with Crippen LogP contribution in [-0.2, 0) is 27.9 Å². The third kappa shape index (κ3) is 6.16. The van der Waals surface area contributed by atoms with E-state index in [0.29, 0.717) is 18.1 Å². The van der Waals surface area contributed by atoms with Gasteiger partial charge in [0.2, 0.25) is 15.9 Å². The van der Waals surface area contributed by atoms with E-state index in [2.05, 4.69) is 15.1 Å². The van der Waals surface area contributed by atoms with Gasteiger partial charge in [-0.3, -0.25) is 9.48 Å². The topological polar surface area (TPSA) is 93.1 Å². The third-order valence-electron chi connectivity index (χ3n) is 4.94. The minimum Gasteiger partial charge on any atom is -0.352 e. The van der Waals surface area contributed by atoms with E-state index in [1.807, 2.05) is 48.9 Å². The molecule has 2 N–H and O–H groups in total. The van der Waals surface area contributed by atoms with Crippen molar-refractivity contribution < 1.29 is 13.2 Å². The standard InChI is InChI=1S/C22H25ClN4O3S/c1-16-21(17(2)27(26-16)15-18-6-4-3-5-7-18)14-24-22(28)12-13-25-31(29,30)20-10-8-19(23)9-11-20/h3-11,25H,12-15H2,1-2H3,(H,24,28). The summed E-state index contributed by atoms with van der Waals surface area (Å²) >= 11 is 5.78. The summed E-state index contributed by atoms with van der Waals surface area (Å²) in [6, 6.07) is 15.9. The van der Waals surface area contributed by atoms with Crippen molar-refractivity contribution in [3.05, 3.63) is 82.1 Å². The van der Waals surface area contributed by atoms with Gasteiger partial charge in [0.25, 0.3) is 0 Å². The molecular formula is C22H25ClN4O3S. The number of nitrogens with one attached hydrogen (secondary N) is 2. The van der Waals surface area contributed by atoms with Gasteiger partial charge in [-0.15, -0.1) is 0 Å². The molecule has 3 aromatic rings. The molecule has 2 aromatic carbocycles. The number of sulfonamides is 1. The molecule has 0 aliphatic rings. The van der Waals surface area contributed by atoms with Crippen molar-refractivity contribution in [3.8, 4) is 0 Å². The van der Waals surface area contributed by atoms with Gasteiger partial charge in [-0.1, -0.05) is 41.9 Å². The molecule has 0 aliphatic heterocycles. The highest BCUT2D eigenvalue weighted by Crippen LogP contribution is 2.15. The lowest BCUT2D eigenvalue weighted by Gasteiger charge is -2.09. The van der Waals surface area contributed by atoms with Crippen LogP contribution in [0.15, 0.2) is 59.5 Å². The molecule has 1 amide bonds. The first kappa shape index (κ1) is 23.0. The summed E-state index contributed by atoms with van der Waals surface area (Å²) in [5.74, 6) is -0.242. The molecule has 0 radical (unpaired) electrons. The fourth-order valence-electron chi connectivity index (χ4n) is 3.17. The van der Waals surface area contributed by atoms with Gasteiger partial charge in [-0.25, -0.2) is 13.1 Å². The van der Waals surface area contributed by atoms with Crippen LogP contribution in [0.25, 0.3) is 0 Å². The van der Waals surface area contributed by atoms with Crippen LogP contribution in [0.1, 0.15) is 28.9 Å². The highest BCUT2D eigenvalue weighted by molar-refractivity contribution is 7.89. The van der Waals surface area contributed by atoms with E-state index in [4.69, 9.17) is 11.6 Å². The van der Waals surface area contributed by atoms with E-state index in [9.17, 15) is 13.2 Å². The van der Waals surface area contributed by atoms with Gasteiger partial charge in [0.15, 0.2) is 0 Å². The molecular weight excluding hydrogens is 436 g/mol. The molecule has 3 rings (SSSR count). The Labute approximate surface area is 187 Å². The minimum atomic E-state index is -3.68. The molecule has 1 heterocycles. The number of amides is 1. The van der Waals surface area contributed by atoms with Gasteiger partial charge in [-0.2, -0.15) is 5.10 Å². The van der Waals surface area contributed by atoms with Gasteiger partial charge in [0.05, 0.1) is 17.1 Å². The van der Waals surface area contributed by atoms with Gasteiger partial charge in [0.1, 0.15) is 0 Å². The number of carbonyl (C=O) groups excluding carboxylic acids is 1. The van der Waals surface area contributed by atoms with Crippen molar-refractivity contribution in [1.82, 2.24) is 19.8 Å². The first-order chi connectivity index (χ1) is 14.8. The zero-order chi connectivity index (χ0) is 22.4. The van der Waals surface area contributed by atoms with Crippen LogP contribution < -0.4 is 10.0 Å². The summed E-state index contributed by atoms with van der Waals surface area (Å²) in [4.78, 5) is 12.3. The molecule has 0 saturated heterocycles. The van der Waals surface area contributed by atoms with E-state index >= 15 is 0 Å². The number of nitrogens with zero attached hydrogens (tertiary/aromatic N) is 2. The maximum absolute atomic E-state index is 12.2. The highest BCUT2D eigenvalue weighted by atomic mass is 35.5. The van der Waals surface area contributed by atoms with E-state index < -0.39 is 10.0 Å². The Hall–Kier alpha value is -2.68. The fourth-order valence-corrected chi connectivity index (χ4v) is 4.33. The minimum absolute atomic E-state index is 0.00201. The number of aryl methyl sites for hydroxylation is 1. The summed E-state index contributed by atoms with van der Waals surface area (Å²) in [6.07, 6.45) is 0.0308. The maximum Gasteiger partial charge on any atom is 0.240 e. The molecule has 0 spiro atoms. The van der Waals surface area contributed by atoms with Crippen LogP contribution in [0.4, 0.5) is 0 Å². The predicted molar refractivity (Wildman–Crippen MR) is 120 cm³/mol. The first-order valence-electron chi connectivity index (χ1n) is 9.85. The van der Waals surface area contributed by atoms with Crippen LogP contribution in [0.5, 0.6) is 0 Å². The number of hydrogen-bond donors (Lipinski definition) is 2. The quantitative estimate of drug-likeness (QED) is 0.513. The zero-order valence-electron chi connectivity index (χ0n) is 17.4. The number of aromatic nitrogens is 2. The normalized spacial score (nSPS) is 11.5. The Morgan fingerprint density at radius 3 is 2.42 bits per heavy atom. The van der Waals surface area contributed by atoms with Crippen molar-refractivity contribution in [2.24, 2.45) is 0 Å². The van der Waals surface area contributed by atoms with Crippen LogP contribution in [0.2, 0.25) is 5.02 Å². The lowest BCUT2D eigenvalue weighted by Crippen LogP contribution is -2.30. The Kier molecular flexibility index (Phi) is 7.48. The predicted octanol–water partition coefficient (Wildman–Crippen LogP) is 3.19. The largest absolute Gasteiger partial charge is 0.352 e. The van der Waals surface area contributed by atoms with Crippen molar-refractivity contribution in [1.29, 1.82) is 0 Å². The number of benzene rings is 2. The fraction of sp³-hybridized carbons (Fsp3) is 0.273. The van der Waals surface area contributed by atoms with Gasteiger partial charge >= 0.3 is 0 Å². The van der Waals surface area contributed by atoms with Gasteiger partial charge < -0.3 is 5.32 Å². The van der Waals surface area contributed by atoms with Crippen molar-refractivity contribution in [2.45, 2.75) is 38.3 Å². The molecule has 7 nitrogen and oxygen atoms in total. The van der Waals surface area contributed by atoms with E-state index in [1.165, 1.54) is 24.3 Å². The Bertz CT molecular complexity index is 1140. The van der Waals surface area contributed by atoms with Gasteiger partial charge in [-0.05, 0) is 43.7 Å². The smallest absolute Gasteiger partial charge is 0.240 e. The molecule has 164 valence electrons. The molecule has 1 aromatic heterocycles. The average molecular weight is 461 g/mol. The second-order valence-electron chi connectivity index (χ2n) is 7.17. The maximum atomic E-state index is 12.2. The molecule has 0 aliphatic carbocycles. The lowest BCUT2D eigenvalue weighted by molar-refractivity contribution is -0.121. The Balaban J connectivity index is 1.51. The summed E-state index contributed by atoms with van der Waals surface area (Å²) in [5, 5.41) is 7.88. The van der Waals surface area contributed by atoms with E-state index in [0.717, 1.165) is 22.5 Å². The SMILES string of the molecule is Cc1nn(Cc2ccccc2)c(C)c1CNC(=O)CCNS(=O)(=O)c1ccc(Cl)cc1. The molecule has 31 heavy (non-hydrogen) atoms. The summed E-state index contributed by atoms with van der Waals surface area (Å²) in [5.41, 5.74) is 3.96.